The van der Waals surface area contributed by atoms with Gasteiger partial charge in [-0.25, -0.2) is 4.79 Å². The van der Waals surface area contributed by atoms with Crippen LogP contribution in [0, 0.1) is 34.5 Å². The van der Waals surface area contributed by atoms with Crippen LogP contribution in [0.5, 0.6) is 0 Å². The molecule has 0 bridgehead atoms. The van der Waals surface area contributed by atoms with E-state index in [0.29, 0.717) is 18.4 Å². The minimum absolute atomic E-state index is 0.0579. The summed E-state index contributed by atoms with van der Waals surface area (Å²) < 4.78 is 35.1. The molecule has 4 saturated carbocycles. The van der Waals surface area contributed by atoms with Crippen LogP contribution in [0.2, 0.25) is 0 Å². The van der Waals surface area contributed by atoms with E-state index in [4.69, 9.17) is 28.4 Å². The van der Waals surface area contributed by atoms with Crippen molar-refractivity contribution in [2.75, 3.05) is 20.3 Å². The van der Waals surface area contributed by atoms with Gasteiger partial charge in [0.05, 0.1) is 24.4 Å². The maximum Gasteiger partial charge on any atom is 0.331 e. The van der Waals surface area contributed by atoms with Gasteiger partial charge in [0.25, 0.3) is 0 Å². The lowest BCUT2D eigenvalue weighted by atomic mass is 9.43. The number of esters is 1. The van der Waals surface area contributed by atoms with E-state index in [9.17, 15) is 35.4 Å². The molecule has 3 aliphatic heterocycles. The first-order chi connectivity index (χ1) is 23.3. The highest BCUT2D eigenvalue weighted by Gasteiger charge is 2.68. The molecule has 0 aromatic rings. The number of cyclic esters (lactones) is 1. The van der Waals surface area contributed by atoms with Gasteiger partial charge in [-0.2, -0.15) is 0 Å². The molecule has 0 spiro atoms. The predicted octanol–water partition coefficient (Wildman–Crippen LogP) is 0.934. The molecule has 0 amide bonds. The predicted molar refractivity (Wildman–Crippen MR) is 170 cm³/mol. The van der Waals surface area contributed by atoms with E-state index in [0.717, 1.165) is 63.4 Å². The fraction of sp³-hybridized carbons (Fsp3) is 0.917. The van der Waals surface area contributed by atoms with Gasteiger partial charge in [0.15, 0.2) is 12.6 Å². The van der Waals surface area contributed by atoms with Crippen LogP contribution >= 0.6 is 0 Å². The van der Waals surface area contributed by atoms with E-state index in [-0.39, 0.29) is 34.7 Å². The summed E-state index contributed by atoms with van der Waals surface area (Å²) in [5, 5.41) is 64.3. The monoisotopic (exact) mass is 696 g/mol. The third-order valence-corrected chi connectivity index (χ3v) is 14.4. The zero-order valence-electron chi connectivity index (χ0n) is 29.1. The van der Waals surface area contributed by atoms with Crippen LogP contribution < -0.4 is 0 Å². The molecule has 4 aliphatic carbocycles. The third kappa shape index (κ3) is 5.74. The van der Waals surface area contributed by atoms with Crippen molar-refractivity contribution in [1.82, 2.24) is 0 Å². The fourth-order valence-corrected chi connectivity index (χ4v) is 11.6. The topological polar surface area (TPSA) is 194 Å². The molecule has 7 aliphatic rings. The SMILES string of the molecule is CO[C@@H]1[C@@H](O)[C@H](O[C@H]2CC[C@@]3(C)[C@@H](CC[C@@H]4[C@@H]3CC[C@]3(C)[C@@H](C5=CC(=O)OC5)CC[C@]43O)C2)O[C@H](C)[C@@H]1O[C@@H]1O[C@H](CO)[C@@H](O)[C@H](O)[C@H]1O. The number of ether oxygens (including phenoxy) is 6. The van der Waals surface area contributed by atoms with Crippen LogP contribution in [0.4, 0.5) is 0 Å². The molecule has 0 aromatic heterocycles. The summed E-state index contributed by atoms with van der Waals surface area (Å²) in [5.41, 5.74) is 0.0599. The van der Waals surface area contributed by atoms with Crippen molar-refractivity contribution in [2.45, 2.75) is 152 Å². The van der Waals surface area contributed by atoms with Crippen molar-refractivity contribution in [3.63, 3.8) is 0 Å². The highest BCUT2D eigenvalue weighted by atomic mass is 16.7. The van der Waals surface area contributed by atoms with E-state index >= 15 is 0 Å². The van der Waals surface area contributed by atoms with Crippen LogP contribution in [0.15, 0.2) is 11.6 Å². The number of hydrogen-bond donors (Lipinski definition) is 6. The Bertz CT molecular complexity index is 1260. The molecule has 0 radical (unpaired) electrons. The second kappa shape index (κ2) is 13.3. The smallest absolute Gasteiger partial charge is 0.331 e. The number of aliphatic hydroxyl groups is 6. The first-order valence-electron chi connectivity index (χ1n) is 18.3. The van der Waals surface area contributed by atoms with Gasteiger partial charge in [-0.1, -0.05) is 13.8 Å². The Morgan fingerprint density at radius 1 is 0.857 bits per heavy atom. The summed E-state index contributed by atoms with van der Waals surface area (Å²) in [6, 6.07) is 0. The van der Waals surface area contributed by atoms with E-state index in [1.807, 2.05) is 0 Å². The molecular weight excluding hydrogens is 640 g/mol. The van der Waals surface area contributed by atoms with Crippen molar-refractivity contribution in [3.05, 3.63) is 11.6 Å². The second-order valence-corrected chi connectivity index (χ2v) is 16.5. The summed E-state index contributed by atoms with van der Waals surface area (Å²) in [6.45, 7) is 6.15. The van der Waals surface area contributed by atoms with Crippen LogP contribution in [-0.4, -0.2) is 130 Å². The number of carbonyl (C=O) groups excluding carboxylic acids is 1. The van der Waals surface area contributed by atoms with Crippen LogP contribution in [0.1, 0.15) is 78.6 Å². The van der Waals surface area contributed by atoms with Gasteiger partial charge in [-0.3, -0.25) is 0 Å². The first kappa shape index (κ1) is 36.1. The summed E-state index contributed by atoms with van der Waals surface area (Å²) in [7, 11) is 1.44. The Kier molecular flexibility index (Phi) is 9.82. The molecule has 278 valence electrons. The second-order valence-electron chi connectivity index (χ2n) is 16.5. The summed E-state index contributed by atoms with van der Waals surface area (Å²) in [5.74, 6) is 0.909. The van der Waals surface area contributed by atoms with E-state index in [1.54, 1.807) is 13.0 Å². The standard InChI is InChI=1S/C36H56O13/c1-17-30(49-32-28(41)27(40)26(39)24(15-37)48-32)31(44-4)29(42)33(46-17)47-20-7-10-34(2)19(14-20)5-6-23-22(34)8-11-35(3)21(9-12-36(23,35)43)18-13-25(38)45-16-18/h13,17,19-24,26-33,37,39-43H,5-12,14-16H2,1-4H3/t17-,19+,20+,21-,22+,23-,24-,26-,27+,28-,29-,30+,31-,32+,33+,34+,35-,36+/m1/s1. The lowest BCUT2D eigenvalue weighted by Crippen LogP contribution is -2.64. The third-order valence-electron chi connectivity index (χ3n) is 14.4. The molecule has 2 saturated heterocycles. The number of fused-ring (bicyclic) bond motifs is 5. The van der Waals surface area contributed by atoms with E-state index in [1.165, 1.54) is 7.11 Å². The van der Waals surface area contributed by atoms with Crippen LogP contribution in [-0.2, 0) is 33.2 Å². The van der Waals surface area contributed by atoms with Gasteiger partial charge in [-0.15, -0.1) is 0 Å². The Labute approximate surface area is 287 Å². The molecule has 13 heteroatoms. The zero-order chi connectivity index (χ0) is 35.0. The maximum atomic E-state index is 12.5. The normalized spacial score (nSPS) is 54.4. The fourth-order valence-electron chi connectivity index (χ4n) is 11.6. The Morgan fingerprint density at radius 3 is 2.31 bits per heavy atom. The van der Waals surface area contributed by atoms with E-state index in [2.05, 4.69) is 13.8 Å². The molecule has 0 unspecified atom stereocenters. The molecule has 6 N–H and O–H groups in total. The minimum Gasteiger partial charge on any atom is -0.458 e. The number of aliphatic hydroxyl groups excluding tert-OH is 5. The van der Waals surface area contributed by atoms with Crippen molar-refractivity contribution in [2.24, 2.45) is 34.5 Å². The van der Waals surface area contributed by atoms with Gasteiger partial charge in [0.1, 0.15) is 49.3 Å². The highest BCUT2D eigenvalue weighted by molar-refractivity contribution is 5.85. The average Bonchev–Trinajstić information content (AvgIpc) is 3.62. The molecule has 7 rings (SSSR count). The molecule has 0 aromatic carbocycles. The zero-order valence-corrected chi connectivity index (χ0v) is 29.1. The molecular formula is C36H56O13. The number of carbonyl (C=O) groups is 1. The van der Waals surface area contributed by atoms with Crippen LogP contribution in [0.3, 0.4) is 0 Å². The van der Waals surface area contributed by atoms with Crippen molar-refractivity contribution < 1.29 is 63.9 Å². The van der Waals surface area contributed by atoms with Gasteiger partial charge >= 0.3 is 5.97 Å². The summed E-state index contributed by atoms with van der Waals surface area (Å²) in [4.78, 5) is 11.9. The van der Waals surface area contributed by atoms with Gasteiger partial charge in [0, 0.05) is 18.6 Å². The quantitative estimate of drug-likeness (QED) is 0.163. The number of methoxy groups -OCH3 is 1. The first-order valence-corrected chi connectivity index (χ1v) is 18.3. The molecule has 3 heterocycles. The lowest BCUT2D eigenvalue weighted by molar-refractivity contribution is -0.362. The van der Waals surface area contributed by atoms with Gasteiger partial charge in [0.2, 0.25) is 0 Å². The average molecular weight is 697 g/mol. The minimum atomic E-state index is -1.60. The van der Waals surface area contributed by atoms with Gasteiger partial charge < -0.3 is 59.1 Å². The molecule has 18 atom stereocenters. The summed E-state index contributed by atoms with van der Waals surface area (Å²) >= 11 is 0. The maximum absolute atomic E-state index is 12.5. The number of rotatable bonds is 7. The van der Waals surface area contributed by atoms with Crippen molar-refractivity contribution in [1.29, 1.82) is 0 Å². The van der Waals surface area contributed by atoms with Gasteiger partial charge in [-0.05, 0) is 99.4 Å². The summed E-state index contributed by atoms with van der Waals surface area (Å²) in [6.07, 6.45) is -2.30. The van der Waals surface area contributed by atoms with Crippen molar-refractivity contribution >= 4 is 5.97 Å². The highest BCUT2D eigenvalue weighted by Crippen LogP contribution is 2.70. The van der Waals surface area contributed by atoms with E-state index < -0.39 is 73.6 Å². The largest absolute Gasteiger partial charge is 0.458 e. The Hall–Kier alpha value is -1.23. The Morgan fingerprint density at radius 2 is 1.61 bits per heavy atom. The molecule has 49 heavy (non-hydrogen) atoms. The number of hydrogen-bond acceptors (Lipinski definition) is 13. The lowest BCUT2D eigenvalue weighted by Gasteiger charge is -2.64. The Balaban J connectivity index is 0.990. The van der Waals surface area contributed by atoms with Crippen molar-refractivity contribution in [3.8, 4) is 0 Å². The molecule has 6 fully saturated rings. The van der Waals surface area contributed by atoms with Crippen LogP contribution in [0.25, 0.3) is 0 Å². The molecule has 13 nitrogen and oxygen atoms in total.